The number of aromatic nitrogens is 1. The number of anilines is 1. The largest absolute Gasteiger partial charge is 0.421 e. The third-order valence-electron chi connectivity index (χ3n) is 1.63. The number of hydrogen-bond acceptors (Lipinski definition) is 4. The molecule has 0 atom stereocenters. The second-order valence-electron chi connectivity index (χ2n) is 2.84. The molecule has 0 fully saturated rings. The Morgan fingerprint density at radius 1 is 1.40 bits per heavy atom. The van der Waals surface area contributed by atoms with Crippen molar-refractivity contribution in [2.75, 3.05) is 12.0 Å². The van der Waals surface area contributed by atoms with Gasteiger partial charge in [0.25, 0.3) is 0 Å². The van der Waals surface area contributed by atoms with Crippen molar-refractivity contribution in [2.24, 2.45) is 0 Å². The summed E-state index contributed by atoms with van der Waals surface area (Å²) in [6, 6.07) is 0.772. The second kappa shape index (κ2) is 3.37. The van der Waals surface area contributed by atoms with Gasteiger partial charge in [-0.25, -0.2) is 13.4 Å². The van der Waals surface area contributed by atoms with Gasteiger partial charge in [0.15, 0.2) is 9.84 Å². The van der Waals surface area contributed by atoms with E-state index in [9.17, 15) is 21.6 Å². The lowest BCUT2D eigenvalue weighted by Gasteiger charge is -2.12. The number of nitrogen functional groups attached to an aromatic ring is 1. The Bertz CT molecular complexity index is 481. The fourth-order valence-electron chi connectivity index (χ4n) is 1.05. The Hall–Kier alpha value is -1.31. The van der Waals surface area contributed by atoms with Crippen LogP contribution in [0.1, 0.15) is 5.56 Å². The van der Waals surface area contributed by atoms with Crippen molar-refractivity contribution in [1.29, 1.82) is 0 Å². The highest BCUT2D eigenvalue weighted by Gasteiger charge is 2.38. The molecule has 8 heteroatoms. The van der Waals surface area contributed by atoms with E-state index >= 15 is 0 Å². The lowest BCUT2D eigenvalue weighted by molar-refractivity contribution is -0.139. The van der Waals surface area contributed by atoms with Crippen LogP contribution >= 0.6 is 0 Å². The first-order chi connectivity index (χ1) is 6.64. The van der Waals surface area contributed by atoms with E-state index in [1.165, 1.54) is 0 Å². The molecule has 0 unspecified atom stereocenters. The number of nitrogens with zero attached hydrogens (tertiary/aromatic N) is 1. The minimum Gasteiger partial charge on any atom is -0.383 e. The van der Waals surface area contributed by atoms with Gasteiger partial charge in [-0.05, 0) is 6.07 Å². The van der Waals surface area contributed by atoms with E-state index < -0.39 is 32.3 Å². The molecule has 4 nitrogen and oxygen atoms in total. The molecular weight excluding hydrogens is 233 g/mol. The van der Waals surface area contributed by atoms with Gasteiger partial charge in [0.1, 0.15) is 11.4 Å². The van der Waals surface area contributed by atoms with Gasteiger partial charge in [-0.2, -0.15) is 13.2 Å². The zero-order chi connectivity index (χ0) is 11.9. The Balaban J connectivity index is 3.63. The summed E-state index contributed by atoms with van der Waals surface area (Å²) in [4.78, 5) is 2.35. The Morgan fingerprint density at radius 2 is 1.93 bits per heavy atom. The van der Waals surface area contributed by atoms with Gasteiger partial charge in [-0.1, -0.05) is 0 Å². The molecule has 0 radical (unpaired) electrons. The highest BCUT2D eigenvalue weighted by atomic mass is 32.2. The van der Waals surface area contributed by atoms with Crippen LogP contribution in [0.2, 0.25) is 0 Å². The molecule has 0 spiro atoms. The van der Waals surface area contributed by atoms with Crippen molar-refractivity contribution >= 4 is 15.7 Å². The summed E-state index contributed by atoms with van der Waals surface area (Å²) in [6.45, 7) is 0. The van der Waals surface area contributed by atoms with Gasteiger partial charge in [0.05, 0.1) is 4.90 Å². The van der Waals surface area contributed by atoms with E-state index in [4.69, 9.17) is 5.73 Å². The van der Waals surface area contributed by atoms with Crippen LogP contribution in [0.15, 0.2) is 17.2 Å². The van der Waals surface area contributed by atoms with Crippen LogP contribution in [0.3, 0.4) is 0 Å². The predicted molar refractivity (Wildman–Crippen MR) is 46.8 cm³/mol. The minimum absolute atomic E-state index is 0.678. The standard InChI is InChI=1S/C7H7F3N2O2S/c1-15(13,14)4-2-3-12-6(11)5(4)7(8,9)10/h2-3H,1H3,(H2,11,12). The molecule has 1 aromatic heterocycles. The molecule has 0 aliphatic carbocycles. The topological polar surface area (TPSA) is 73.0 Å². The third kappa shape index (κ3) is 2.38. The van der Waals surface area contributed by atoms with Gasteiger partial charge in [0, 0.05) is 12.5 Å². The normalized spacial score (nSPS) is 12.8. The molecular formula is C7H7F3N2O2S. The van der Waals surface area contributed by atoms with Crippen molar-refractivity contribution in [1.82, 2.24) is 4.98 Å². The molecule has 0 bridgehead atoms. The minimum atomic E-state index is -4.84. The number of pyridine rings is 1. The third-order valence-corrected chi connectivity index (χ3v) is 2.76. The predicted octanol–water partition coefficient (Wildman–Crippen LogP) is 1.09. The summed E-state index contributed by atoms with van der Waals surface area (Å²) in [6.07, 6.45) is -3.24. The van der Waals surface area contributed by atoms with E-state index in [-0.39, 0.29) is 0 Å². The van der Waals surface area contributed by atoms with Crippen molar-refractivity contribution in [3.8, 4) is 0 Å². The number of hydrogen-bond donors (Lipinski definition) is 1. The number of rotatable bonds is 1. The summed E-state index contributed by atoms with van der Waals surface area (Å²) in [5, 5.41) is 0. The average molecular weight is 240 g/mol. The number of halogens is 3. The molecule has 0 aromatic carbocycles. The molecule has 0 saturated carbocycles. The first kappa shape index (κ1) is 11.8. The van der Waals surface area contributed by atoms with Crippen LogP contribution in [0.4, 0.5) is 19.0 Å². The number of alkyl halides is 3. The summed E-state index contributed by atoms with van der Waals surface area (Å²) in [5.74, 6) is -0.842. The van der Waals surface area contributed by atoms with Crippen LogP contribution in [-0.4, -0.2) is 19.7 Å². The zero-order valence-electron chi connectivity index (χ0n) is 7.54. The van der Waals surface area contributed by atoms with Crippen LogP contribution in [0.5, 0.6) is 0 Å². The fraction of sp³-hybridized carbons (Fsp3) is 0.286. The summed E-state index contributed by atoms with van der Waals surface area (Å²) in [7, 11) is -3.98. The molecule has 0 aliphatic heterocycles. The smallest absolute Gasteiger partial charge is 0.383 e. The maximum absolute atomic E-state index is 12.5. The van der Waals surface area contributed by atoms with Gasteiger partial charge < -0.3 is 5.73 Å². The van der Waals surface area contributed by atoms with Gasteiger partial charge in [0.2, 0.25) is 0 Å². The lowest BCUT2D eigenvalue weighted by atomic mass is 10.2. The SMILES string of the molecule is CS(=O)(=O)c1ccnc(N)c1C(F)(F)F. The second-order valence-corrected chi connectivity index (χ2v) is 4.82. The van der Waals surface area contributed by atoms with E-state index in [1.807, 2.05) is 0 Å². The van der Waals surface area contributed by atoms with Crippen LogP contribution in [-0.2, 0) is 16.0 Å². The molecule has 84 valence electrons. The molecule has 0 aliphatic rings. The zero-order valence-corrected chi connectivity index (χ0v) is 8.35. The summed E-state index contributed by atoms with van der Waals surface area (Å²) in [5.41, 5.74) is 3.60. The van der Waals surface area contributed by atoms with Crippen molar-refractivity contribution in [3.63, 3.8) is 0 Å². The van der Waals surface area contributed by atoms with E-state index in [1.54, 1.807) is 0 Å². The molecule has 15 heavy (non-hydrogen) atoms. The van der Waals surface area contributed by atoms with E-state index in [0.717, 1.165) is 12.3 Å². The highest BCUT2D eigenvalue weighted by Crippen LogP contribution is 2.36. The highest BCUT2D eigenvalue weighted by molar-refractivity contribution is 7.90. The molecule has 2 N–H and O–H groups in total. The maximum Gasteiger partial charge on any atom is 0.421 e. The van der Waals surface area contributed by atoms with Crippen molar-refractivity contribution < 1.29 is 21.6 Å². The Morgan fingerprint density at radius 3 is 2.27 bits per heavy atom. The number of nitrogens with two attached hydrogens (primary N) is 1. The van der Waals surface area contributed by atoms with Gasteiger partial charge >= 0.3 is 6.18 Å². The molecule has 1 rings (SSSR count). The van der Waals surface area contributed by atoms with Crippen molar-refractivity contribution in [2.45, 2.75) is 11.1 Å². The van der Waals surface area contributed by atoms with E-state index in [2.05, 4.69) is 4.98 Å². The molecule has 1 aromatic rings. The monoisotopic (exact) mass is 240 g/mol. The fourth-order valence-corrected chi connectivity index (χ4v) is 1.95. The lowest BCUT2D eigenvalue weighted by Crippen LogP contribution is -2.16. The van der Waals surface area contributed by atoms with Gasteiger partial charge in [-0.3, -0.25) is 0 Å². The van der Waals surface area contributed by atoms with Crippen molar-refractivity contribution in [3.05, 3.63) is 17.8 Å². The molecule has 0 amide bonds. The van der Waals surface area contributed by atoms with Crippen LogP contribution < -0.4 is 5.73 Å². The Labute approximate surface area is 83.8 Å². The van der Waals surface area contributed by atoms with Crippen LogP contribution in [0.25, 0.3) is 0 Å². The first-order valence-corrected chi connectivity index (χ1v) is 5.55. The Kier molecular flexibility index (Phi) is 2.64. The summed E-state index contributed by atoms with van der Waals surface area (Å²) >= 11 is 0. The van der Waals surface area contributed by atoms with E-state index in [0.29, 0.717) is 6.26 Å². The molecule has 1 heterocycles. The molecule has 0 saturated heterocycles. The quantitative estimate of drug-likeness (QED) is 0.797. The first-order valence-electron chi connectivity index (χ1n) is 3.66. The average Bonchev–Trinajstić information content (AvgIpc) is 1.99. The van der Waals surface area contributed by atoms with Gasteiger partial charge in [-0.15, -0.1) is 0 Å². The number of sulfone groups is 1. The maximum atomic E-state index is 12.5. The summed E-state index contributed by atoms with van der Waals surface area (Å²) < 4.78 is 59.5. The van der Waals surface area contributed by atoms with Crippen LogP contribution in [0, 0.1) is 0 Å².